The third-order valence-electron chi connectivity index (χ3n) is 3.31. The molecule has 1 unspecified atom stereocenters. The molecule has 0 radical (unpaired) electrons. The fourth-order valence-electron chi connectivity index (χ4n) is 2.20. The molecule has 2 aromatic carbocycles. The number of carbonyl (C=O) groups excluding carboxylic acids is 1. The monoisotopic (exact) mass is 315 g/mol. The molecule has 1 N–H and O–H groups in total. The van der Waals surface area contributed by atoms with E-state index in [0.717, 1.165) is 15.9 Å². The van der Waals surface area contributed by atoms with Crippen molar-refractivity contribution in [3.8, 4) is 0 Å². The second-order valence-corrected chi connectivity index (χ2v) is 6.67. The third kappa shape index (κ3) is 3.14. The van der Waals surface area contributed by atoms with Crippen LogP contribution in [0.1, 0.15) is 17.3 Å². The molecule has 0 amide bonds. The first kappa shape index (κ1) is 14.2. The minimum atomic E-state index is -0.153. The number of aromatic amines is 1. The number of halogens is 1. The third-order valence-corrected chi connectivity index (χ3v) is 4.60. The summed E-state index contributed by atoms with van der Waals surface area (Å²) < 4.78 is 0. The van der Waals surface area contributed by atoms with Gasteiger partial charge in [0.1, 0.15) is 0 Å². The molecule has 1 aromatic heterocycles. The van der Waals surface area contributed by atoms with Gasteiger partial charge < -0.3 is 4.98 Å². The number of ketones is 1. The number of benzene rings is 2. The van der Waals surface area contributed by atoms with Gasteiger partial charge >= 0.3 is 0 Å². The number of aromatic nitrogens is 1. The number of hydrogen-bond acceptors (Lipinski definition) is 2. The molecule has 0 saturated carbocycles. The summed E-state index contributed by atoms with van der Waals surface area (Å²) >= 11 is 7.39. The van der Waals surface area contributed by atoms with Crippen molar-refractivity contribution in [1.29, 1.82) is 0 Å². The Morgan fingerprint density at radius 2 is 1.86 bits per heavy atom. The molecule has 0 saturated heterocycles. The van der Waals surface area contributed by atoms with Crippen molar-refractivity contribution < 1.29 is 4.79 Å². The van der Waals surface area contributed by atoms with Gasteiger partial charge in [-0.15, -0.1) is 0 Å². The average molecular weight is 316 g/mol. The summed E-state index contributed by atoms with van der Waals surface area (Å²) in [6, 6.07) is 17.2. The van der Waals surface area contributed by atoms with E-state index >= 15 is 0 Å². The van der Waals surface area contributed by atoms with Gasteiger partial charge in [0, 0.05) is 21.5 Å². The highest BCUT2D eigenvalue weighted by molar-refractivity contribution is 8.00. The van der Waals surface area contributed by atoms with Gasteiger partial charge in [0.05, 0.1) is 10.3 Å². The van der Waals surface area contributed by atoms with E-state index in [9.17, 15) is 4.79 Å². The van der Waals surface area contributed by atoms with Gasteiger partial charge in [-0.2, -0.15) is 0 Å². The molecule has 21 heavy (non-hydrogen) atoms. The van der Waals surface area contributed by atoms with E-state index in [1.165, 1.54) is 11.8 Å². The van der Waals surface area contributed by atoms with Gasteiger partial charge in [-0.25, -0.2) is 0 Å². The SMILES string of the molecule is CC(Sc1cc2ccccc2[nH]1)C(=O)c1ccc(Cl)cc1. The first-order valence-electron chi connectivity index (χ1n) is 6.68. The van der Waals surface area contributed by atoms with E-state index in [4.69, 9.17) is 11.6 Å². The van der Waals surface area contributed by atoms with E-state index in [1.54, 1.807) is 24.3 Å². The predicted molar refractivity (Wildman–Crippen MR) is 89.4 cm³/mol. The van der Waals surface area contributed by atoms with E-state index < -0.39 is 0 Å². The van der Waals surface area contributed by atoms with E-state index in [0.29, 0.717) is 10.6 Å². The van der Waals surface area contributed by atoms with Gasteiger partial charge in [-0.05, 0) is 43.3 Å². The first-order chi connectivity index (χ1) is 10.1. The van der Waals surface area contributed by atoms with Crippen LogP contribution in [0.25, 0.3) is 10.9 Å². The van der Waals surface area contributed by atoms with Gasteiger partial charge in [0.2, 0.25) is 0 Å². The van der Waals surface area contributed by atoms with Crippen LogP contribution in [0.3, 0.4) is 0 Å². The largest absolute Gasteiger partial charge is 0.350 e. The Morgan fingerprint density at radius 3 is 2.57 bits per heavy atom. The molecule has 1 heterocycles. The second kappa shape index (κ2) is 5.96. The van der Waals surface area contributed by atoms with Gasteiger partial charge in [-0.3, -0.25) is 4.79 Å². The van der Waals surface area contributed by atoms with E-state index in [-0.39, 0.29) is 11.0 Å². The van der Waals surface area contributed by atoms with E-state index in [1.807, 2.05) is 25.1 Å². The van der Waals surface area contributed by atoms with Crippen molar-refractivity contribution in [3.05, 3.63) is 65.2 Å². The van der Waals surface area contributed by atoms with Crippen molar-refractivity contribution in [2.75, 3.05) is 0 Å². The zero-order chi connectivity index (χ0) is 14.8. The maximum atomic E-state index is 12.4. The van der Waals surface area contributed by atoms with Crippen molar-refractivity contribution in [3.63, 3.8) is 0 Å². The van der Waals surface area contributed by atoms with Gasteiger partial charge in [0.25, 0.3) is 0 Å². The summed E-state index contributed by atoms with van der Waals surface area (Å²) in [4.78, 5) is 15.7. The standard InChI is InChI=1S/C17H14ClNOS/c1-11(17(20)12-6-8-14(18)9-7-12)21-16-10-13-4-2-3-5-15(13)19-16/h2-11,19H,1H3. The highest BCUT2D eigenvalue weighted by Gasteiger charge is 2.17. The molecule has 4 heteroatoms. The van der Waals surface area contributed by atoms with Crippen LogP contribution >= 0.6 is 23.4 Å². The topological polar surface area (TPSA) is 32.9 Å². The summed E-state index contributed by atoms with van der Waals surface area (Å²) in [5.41, 5.74) is 1.78. The summed E-state index contributed by atoms with van der Waals surface area (Å²) in [6.45, 7) is 1.92. The number of thioether (sulfide) groups is 1. The molecule has 2 nitrogen and oxygen atoms in total. The molecule has 0 aliphatic rings. The number of nitrogens with one attached hydrogen (secondary N) is 1. The Hall–Kier alpha value is -1.71. The number of hydrogen-bond donors (Lipinski definition) is 1. The van der Waals surface area contributed by atoms with Crippen LogP contribution in [-0.2, 0) is 0 Å². The number of Topliss-reactive ketones (excluding diaryl/α,β-unsaturated/α-hetero) is 1. The molecule has 0 spiro atoms. The van der Waals surface area contributed by atoms with Crippen LogP contribution in [0.2, 0.25) is 5.02 Å². The summed E-state index contributed by atoms with van der Waals surface area (Å²) in [5.74, 6) is 0.107. The summed E-state index contributed by atoms with van der Waals surface area (Å²) in [5, 5.41) is 2.65. The lowest BCUT2D eigenvalue weighted by Gasteiger charge is -2.09. The van der Waals surface area contributed by atoms with Crippen LogP contribution in [0, 0.1) is 0 Å². The minimum Gasteiger partial charge on any atom is -0.350 e. The van der Waals surface area contributed by atoms with Crippen LogP contribution in [0.15, 0.2) is 59.6 Å². The maximum Gasteiger partial charge on any atom is 0.175 e. The van der Waals surface area contributed by atoms with Crippen LogP contribution < -0.4 is 0 Å². The van der Waals surface area contributed by atoms with E-state index in [2.05, 4.69) is 17.1 Å². The Balaban J connectivity index is 1.77. The van der Waals surface area contributed by atoms with Crippen molar-refractivity contribution in [1.82, 2.24) is 4.98 Å². The second-order valence-electron chi connectivity index (χ2n) is 4.85. The maximum absolute atomic E-state index is 12.4. The number of H-pyrrole nitrogens is 1. The smallest absolute Gasteiger partial charge is 0.175 e. The Bertz CT molecular complexity index is 746. The molecule has 0 fully saturated rings. The minimum absolute atomic E-state index is 0.107. The fourth-order valence-corrected chi connectivity index (χ4v) is 3.32. The lowest BCUT2D eigenvalue weighted by molar-refractivity contribution is 0.0994. The molecular weight excluding hydrogens is 302 g/mol. The first-order valence-corrected chi connectivity index (χ1v) is 7.93. The fraction of sp³-hybridized carbons (Fsp3) is 0.118. The van der Waals surface area contributed by atoms with Crippen molar-refractivity contribution in [2.45, 2.75) is 17.2 Å². The number of carbonyl (C=O) groups is 1. The van der Waals surface area contributed by atoms with Crippen LogP contribution in [0.4, 0.5) is 0 Å². The molecule has 106 valence electrons. The zero-order valence-corrected chi connectivity index (χ0v) is 13.0. The normalized spacial score (nSPS) is 12.5. The van der Waals surface area contributed by atoms with Crippen molar-refractivity contribution >= 4 is 40.0 Å². The highest BCUT2D eigenvalue weighted by Crippen LogP contribution is 2.28. The Labute approximate surface area is 132 Å². The molecule has 1 atom stereocenters. The van der Waals surface area contributed by atoms with Gasteiger partial charge in [0.15, 0.2) is 5.78 Å². The van der Waals surface area contributed by atoms with Crippen molar-refractivity contribution in [2.24, 2.45) is 0 Å². The Morgan fingerprint density at radius 1 is 1.14 bits per heavy atom. The lowest BCUT2D eigenvalue weighted by atomic mass is 10.1. The Kier molecular flexibility index (Phi) is 4.04. The molecule has 0 aliphatic heterocycles. The predicted octanol–water partition coefficient (Wildman–Crippen LogP) is 5.18. The van der Waals surface area contributed by atoms with Crippen LogP contribution in [-0.4, -0.2) is 16.0 Å². The molecule has 0 bridgehead atoms. The average Bonchev–Trinajstić information content (AvgIpc) is 2.89. The summed E-state index contributed by atoms with van der Waals surface area (Å²) in [6.07, 6.45) is 0. The molecular formula is C17H14ClNOS. The quantitative estimate of drug-likeness (QED) is 0.531. The molecule has 3 rings (SSSR count). The zero-order valence-electron chi connectivity index (χ0n) is 11.5. The van der Waals surface area contributed by atoms with Crippen LogP contribution in [0.5, 0.6) is 0 Å². The molecule has 3 aromatic rings. The molecule has 0 aliphatic carbocycles. The number of rotatable bonds is 4. The highest BCUT2D eigenvalue weighted by atomic mass is 35.5. The summed E-state index contributed by atoms with van der Waals surface area (Å²) in [7, 11) is 0. The lowest BCUT2D eigenvalue weighted by Crippen LogP contribution is -2.13. The van der Waals surface area contributed by atoms with Gasteiger partial charge in [-0.1, -0.05) is 41.6 Å². The number of para-hydroxylation sites is 1. The number of fused-ring (bicyclic) bond motifs is 1.